The van der Waals surface area contributed by atoms with Crippen molar-refractivity contribution in [2.24, 2.45) is 11.0 Å². The molecule has 2 heterocycles. The molecule has 0 spiro atoms. The van der Waals surface area contributed by atoms with Gasteiger partial charge in [0, 0.05) is 4.88 Å². The zero-order chi connectivity index (χ0) is 22.1. The summed E-state index contributed by atoms with van der Waals surface area (Å²) in [5.74, 6) is 0.509. The number of fused-ring (bicyclic) bond motifs is 3. The first-order chi connectivity index (χ1) is 14.9. The van der Waals surface area contributed by atoms with Crippen LogP contribution < -0.4 is 15.7 Å². The average Bonchev–Trinajstić information content (AvgIpc) is 3.12. The topological polar surface area (TPSA) is 106 Å². The number of thiophene rings is 1. The number of nitrogens with zero attached hydrogens (tertiary/aromatic N) is 3. The minimum absolute atomic E-state index is 0.0182. The number of methoxy groups -OCH3 is 1. The third-order valence-electron chi connectivity index (χ3n) is 5.63. The molecule has 3 aromatic rings. The van der Waals surface area contributed by atoms with E-state index in [-0.39, 0.29) is 11.3 Å². The summed E-state index contributed by atoms with van der Waals surface area (Å²) in [6.07, 6.45) is 5.78. The molecule has 31 heavy (non-hydrogen) atoms. The molecule has 162 valence electrons. The lowest BCUT2D eigenvalue weighted by molar-refractivity contribution is -0.123. The van der Waals surface area contributed by atoms with Gasteiger partial charge in [0.25, 0.3) is 11.5 Å². The zero-order valence-electron chi connectivity index (χ0n) is 17.6. The van der Waals surface area contributed by atoms with Gasteiger partial charge in [-0.1, -0.05) is 6.92 Å². The number of phenols is 1. The smallest absolute Gasteiger partial charge is 0.263 e. The third kappa shape index (κ3) is 4.05. The molecule has 1 amide bonds. The van der Waals surface area contributed by atoms with Gasteiger partial charge in [0.15, 0.2) is 11.5 Å². The number of hydrogen-bond donors (Lipinski definition) is 2. The van der Waals surface area contributed by atoms with Crippen molar-refractivity contribution in [2.45, 2.75) is 39.2 Å². The van der Waals surface area contributed by atoms with Crippen molar-refractivity contribution in [3.63, 3.8) is 0 Å². The normalized spacial score (nSPS) is 16.9. The fourth-order valence-corrected chi connectivity index (χ4v) is 5.13. The van der Waals surface area contributed by atoms with Crippen LogP contribution >= 0.6 is 11.3 Å². The number of amides is 1. The maximum atomic E-state index is 13.2. The lowest BCUT2D eigenvalue weighted by Gasteiger charge is -2.18. The van der Waals surface area contributed by atoms with E-state index in [4.69, 9.17) is 4.74 Å². The Kier molecular flexibility index (Phi) is 5.77. The van der Waals surface area contributed by atoms with Crippen LogP contribution in [0.3, 0.4) is 0 Å². The summed E-state index contributed by atoms with van der Waals surface area (Å²) in [5, 5.41) is 14.2. The Morgan fingerprint density at radius 2 is 2.29 bits per heavy atom. The number of ether oxygens (including phenoxy) is 1. The van der Waals surface area contributed by atoms with Gasteiger partial charge in [-0.3, -0.25) is 14.2 Å². The van der Waals surface area contributed by atoms with Crippen molar-refractivity contribution >= 4 is 33.7 Å². The number of aromatic nitrogens is 2. The second-order valence-electron chi connectivity index (χ2n) is 7.83. The van der Waals surface area contributed by atoms with Gasteiger partial charge in [0.2, 0.25) is 0 Å². The number of carbonyl (C=O) groups is 1. The molecule has 0 aliphatic heterocycles. The van der Waals surface area contributed by atoms with Gasteiger partial charge in [0.1, 0.15) is 10.9 Å². The molecule has 2 aromatic heterocycles. The minimum Gasteiger partial charge on any atom is -0.504 e. The first kappa shape index (κ1) is 21.0. The molecular formula is C22H24N4O4S. The van der Waals surface area contributed by atoms with Crippen LogP contribution in [0.25, 0.3) is 10.2 Å². The van der Waals surface area contributed by atoms with E-state index in [1.165, 1.54) is 35.2 Å². The van der Waals surface area contributed by atoms with E-state index in [1.807, 2.05) is 0 Å². The van der Waals surface area contributed by atoms with Crippen molar-refractivity contribution in [1.82, 2.24) is 15.0 Å². The second kappa shape index (κ2) is 8.50. The van der Waals surface area contributed by atoms with E-state index < -0.39 is 11.9 Å². The van der Waals surface area contributed by atoms with E-state index in [0.29, 0.717) is 22.6 Å². The van der Waals surface area contributed by atoms with Crippen molar-refractivity contribution in [3.05, 3.63) is 50.9 Å². The first-order valence-corrected chi connectivity index (χ1v) is 10.9. The van der Waals surface area contributed by atoms with Gasteiger partial charge in [-0.15, -0.1) is 11.3 Å². The molecule has 0 bridgehead atoms. The molecule has 2 N–H and O–H groups in total. The van der Waals surface area contributed by atoms with E-state index in [1.54, 1.807) is 30.4 Å². The van der Waals surface area contributed by atoms with Gasteiger partial charge in [-0.05, 0) is 61.4 Å². The van der Waals surface area contributed by atoms with Crippen LogP contribution in [0, 0.1) is 5.92 Å². The van der Waals surface area contributed by atoms with Crippen LogP contribution in [0.5, 0.6) is 11.5 Å². The quantitative estimate of drug-likeness (QED) is 0.469. The number of rotatable bonds is 5. The Hall–Kier alpha value is -3.20. The molecule has 0 radical (unpaired) electrons. The maximum absolute atomic E-state index is 13.2. The number of hydrazone groups is 1. The van der Waals surface area contributed by atoms with Gasteiger partial charge < -0.3 is 9.84 Å². The molecule has 1 aliphatic carbocycles. The molecule has 1 aromatic carbocycles. The SMILES string of the molecule is COc1cc(/C=N\NC(=O)[C@H](C)n2cnc3sc4c(c3c2=O)CC[C@@H](C)C4)ccc1O. The Morgan fingerprint density at radius 1 is 1.48 bits per heavy atom. The van der Waals surface area contributed by atoms with E-state index in [9.17, 15) is 14.7 Å². The fourth-order valence-electron chi connectivity index (χ4n) is 3.78. The van der Waals surface area contributed by atoms with Crippen LogP contribution in [-0.2, 0) is 17.6 Å². The van der Waals surface area contributed by atoms with Crippen LogP contribution in [0.2, 0.25) is 0 Å². The first-order valence-electron chi connectivity index (χ1n) is 10.1. The van der Waals surface area contributed by atoms with Crippen LogP contribution in [-0.4, -0.2) is 33.9 Å². The van der Waals surface area contributed by atoms with Crippen molar-refractivity contribution < 1.29 is 14.6 Å². The van der Waals surface area contributed by atoms with Crippen molar-refractivity contribution in [2.75, 3.05) is 7.11 Å². The van der Waals surface area contributed by atoms with Crippen LogP contribution in [0.1, 0.15) is 42.3 Å². The van der Waals surface area contributed by atoms with Crippen LogP contribution in [0.4, 0.5) is 0 Å². The van der Waals surface area contributed by atoms with E-state index >= 15 is 0 Å². The molecule has 9 heteroatoms. The summed E-state index contributed by atoms with van der Waals surface area (Å²) in [6, 6.07) is 3.94. The Bertz CT molecular complexity index is 1230. The molecule has 0 fully saturated rings. The summed E-state index contributed by atoms with van der Waals surface area (Å²) < 4.78 is 6.42. The van der Waals surface area contributed by atoms with Crippen LogP contribution in [0.15, 0.2) is 34.4 Å². The van der Waals surface area contributed by atoms with E-state index in [0.717, 1.165) is 29.7 Å². The number of phenolic OH excluding ortho intramolecular Hbond substituents is 1. The number of benzene rings is 1. The summed E-state index contributed by atoms with van der Waals surface area (Å²) in [5.41, 5.74) is 4.01. The zero-order valence-corrected chi connectivity index (χ0v) is 18.4. The largest absolute Gasteiger partial charge is 0.504 e. The van der Waals surface area contributed by atoms with Crippen molar-refractivity contribution in [1.29, 1.82) is 0 Å². The molecule has 0 saturated carbocycles. The van der Waals surface area contributed by atoms with Gasteiger partial charge in [-0.2, -0.15) is 5.10 Å². The highest BCUT2D eigenvalue weighted by Gasteiger charge is 2.25. The lowest BCUT2D eigenvalue weighted by Crippen LogP contribution is -2.34. The average molecular weight is 441 g/mol. The molecule has 8 nitrogen and oxygen atoms in total. The number of hydrogen-bond acceptors (Lipinski definition) is 7. The summed E-state index contributed by atoms with van der Waals surface area (Å²) in [6.45, 7) is 3.87. The molecule has 2 atom stereocenters. The Morgan fingerprint density at radius 3 is 3.06 bits per heavy atom. The summed E-state index contributed by atoms with van der Waals surface area (Å²) in [4.78, 5) is 32.2. The highest BCUT2D eigenvalue weighted by atomic mass is 32.1. The molecule has 0 unspecified atom stereocenters. The summed E-state index contributed by atoms with van der Waals surface area (Å²) in [7, 11) is 1.45. The summed E-state index contributed by atoms with van der Waals surface area (Å²) >= 11 is 1.59. The Balaban J connectivity index is 1.54. The number of aromatic hydroxyl groups is 1. The minimum atomic E-state index is -0.769. The number of nitrogens with one attached hydrogen (secondary N) is 1. The number of aryl methyl sites for hydroxylation is 1. The predicted molar refractivity (Wildman–Crippen MR) is 120 cm³/mol. The van der Waals surface area contributed by atoms with Crippen molar-refractivity contribution in [3.8, 4) is 11.5 Å². The predicted octanol–water partition coefficient (Wildman–Crippen LogP) is 3.01. The molecule has 1 aliphatic rings. The Labute approximate surface area is 183 Å². The van der Waals surface area contributed by atoms with Gasteiger partial charge in [0.05, 0.1) is 25.0 Å². The highest BCUT2D eigenvalue weighted by Crippen LogP contribution is 2.35. The number of carbonyl (C=O) groups excluding carboxylic acids is 1. The molecule has 0 saturated heterocycles. The monoisotopic (exact) mass is 440 g/mol. The maximum Gasteiger partial charge on any atom is 0.263 e. The lowest BCUT2D eigenvalue weighted by atomic mass is 9.89. The molecule has 4 rings (SSSR count). The highest BCUT2D eigenvalue weighted by molar-refractivity contribution is 7.18. The molecular weight excluding hydrogens is 416 g/mol. The van der Waals surface area contributed by atoms with Gasteiger partial charge in [-0.25, -0.2) is 10.4 Å². The second-order valence-corrected chi connectivity index (χ2v) is 8.91. The standard InChI is InChI=1S/C22H24N4O4S/c1-12-4-6-15-18(8-12)31-21-19(15)22(29)26(11-23-21)13(2)20(28)25-24-10-14-5-7-16(27)17(9-14)30-3/h5,7,9-13,27H,4,6,8H2,1-3H3,(H,25,28)/b24-10-/t12-,13+/m1/s1. The van der Waals surface area contributed by atoms with Gasteiger partial charge >= 0.3 is 0 Å². The third-order valence-corrected chi connectivity index (χ3v) is 6.79. The fraction of sp³-hybridized carbons (Fsp3) is 0.364. The van der Waals surface area contributed by atoms with E-state index in [2.05, 4.69) is 22.4 Å².